The lowest BCUT2D eigenvalue weighted by atomic mass is 9.83. The van der Waals surface area contributed by atoms with Crippen LogP contribution in [-0.4, -0.2) is 41.0 Å². The predicted molar refractivity (Wildman–Crippen MR) is 146 cm³/mol. The van der Waals surface area contributed by atoms with Crippen LogP contribution in [0.2, 0.25) is 0 Å². The van der Waals surface area contributed by atoms with Crippen LogP contribution < -0.4 is 11.1 Å². The number of rotatable bonds is 8. The quantitative estimate of drug-likeness (QED) is 0.417. The lowest BCUT2D eigenvalue weighted by molar-refractivity contribution is 0.0918. The van der Waals surface area contributed by atoms with Crippen molar-refractivity contribution in [1.82, 2.24) is 15.2 Å². The van der Waals surface area contributed by atoms with E-state index in [0.717, 1.165) is 47.7 Å². The highest BCUT2D eigenvalue weighted by molar-refractivity contribution is 7.15. The number of carbonyl (C=O) groups excluding carboxylic acids is 1. The number of thiazole rings is 1. The summed E-state index contributed by atoms with van der Waals surface area (Å²) >= 11 is 1.68. The summed E-state index contributed by atoms with van der Waals surface area (Å²) in [4.78, 5) is 21.5. The minimum Gasteiger partial charge on any atom is -0.375 e. The third kappa shape index (κ3) is 5.87. The third-order valence-electron chi connectivity index (χ3n) is 7.98. The number of amides is 1. The number of nitrogen functional groups attached to an aromatic ring is 1. The maximum Gasteiger partial charge on any atom is 0.251 e. The summed E-state index contributed by atoms with van der Waals surface area (Å²) in [5.41, 5.74) is 7.96. The topological polar surface area (TPSA) is 71.2 Å². The van der Waals surface area contributed by atoms with Crippen LogP contribution in [0.5, 0.6) is 0 Å². The van der Waals surface area contributed by atoms with Crippen molar-refractivity contribution in [2.75, 3.05) is 18.8 Å². The van der Waals surface area contributed by atoms with Gasteiger partial charge < -0.3 is 16.0 Å². The molecule has 6 heteroatoms. The lowest BCUT2D eigenvalue weighted by Crippen LogP contribution is -2.41. The molecule has 1 amide bonds. The van der Waals surface area contributed by atoms with Crippen LogP contribution in [0, 0.1) is 5.92 Å². The standard InChI is InChI=1S/C29H38N4OS/c1-2-16-33(25-13-14-26-27(19-25)35-29(30)32-26)17-15-20-7-11-24(12-8-20)31-28(34)23-10-9-21-5-3-4-6-22(21)18-23/h3-6,9-10,18,20,24-25H,2,7-8,11-17,19H2,1H3,(H2,30,32)(H,31,34)/t20-,24-,25-/m0/s1. The summed E-state index contributed by atoms with van der Waals surface area (Å²) in [5.74, 6) is 0.829. The van der Waals surface area contributed by atoms with Crippen molar-refractivity contribution in [2.45, 2.75) is 76.8 Å². The molecule has 0 radical (unpaired) electrons. The summed E-state index contributed by atoms with van der Waals surface area (Å²) in [7, 11) is 0. The number of aryl methyl sites for hydroxylation is 1. The highest BCUT2D eigenvalue weighted by Gasteiger charge is 2.28. The first-order valence-corrected chi connectivity index (χ1v) is 14.2. The van der Waals surface area contributed by atoms with E-state index in [1.165, 1.54) is 61.2 Å². The molecular weight excluding hydrogens is 452 g/mol. The highest BCUT2D eigenvalue weighted by atomic mass is 32.1. The Balaban J connectivity index is 1.09. The van der Waals surface area contributed by atoms with Crippen molar-refractivity contribution in [3.8, 4) is 0 Å². The molecule has 35 heavy (non-hydrogen) atoms. The molecule has 2 aromatic carbocycles. The molecule has 186 valence electrons. The van der Waals surface area contributed by atoms with Gasteiger partial charge in [-0.15, -0.1) is 11.3 Å². The normalized spacial score (nSPS) is 22.3. The van der Waals surface area contributed by atoms with Crippen molar-refractivity contribution in [3.05, 3.63) is 58.6 Å². The van der Waals surface area contributed by atoms with Crippen LogP contribution in [0.15, 0.2) is 42.5 Å². The minimum atomic E-state index is 0.0636. The van der Waals surface area contributed by atoms with Crippen molar-refractivity contribution in [1.29, 1.82) is 0 Å². The number of nitrogens with zero attached hydrogens (tertiary/aromatic N) is 2. The van der Waals surface area contributed by atoms with Gasteiger partial charge in [-0.3, -0.25) is 4.79 Å². The molecule has 3 N–H and O–H groups in total. The van der Waals surface area contributed by atoms with Gasteiger partial charge in [-0.05, 0) is 99.7 Å². The van der Waals surface area contributed by atoms with Gasteiger partial charge in [0.25, 0.3) is 5.91 Å². The number of hydrogen-bond acceptors (Lipinski definition) is 5. The molecular formula is C29H38N4OS. The van der Waals surface area contributed by atoms with E-state index < -0.39 is 0 Å². The van der Waals surface area contributed by atoms with Crippen LogP contribution in [0.4, 0.5) is 5.13 Å². The Morgan fingerprint density at radius 3 is 2.69 bits per heavy atom. The molecule has 0 bridgehead atoms. The maximum absolute atomic E-state index is 12.9. The molecule has 1 atom stereocenters. The SMILES string of the molecule is CCCN(CC[C@H]1CC[C@H](NC(=O)c2ccc3ccccc3c2)CC1)[C@H]1CCc2nc(N)sc2C1. The Bertz CT molecular complexity index is 1150. The summed E-state index contributed by atoms with van der Waals surface area (Å²) in [6.07, 6.45) is 10.4. The van der Waals surface area contributed by atoms with Gasteiger partial charge in [0.1, 0.15) is 0 Å². The van der Waals surface area contributed by atoms with Crippen LogP contribution in [0.25, 0.3) is 10.8 Å². The van der Waals surface area contributed by atoms with Gasteiger partial charge in [0, 0.05) is 22.5 Å². The molecule has 0 aliphatic heterocycles. The van der Waals surface area contributed by atoms with Crippen molar-refractivity contribution >= 4 is 33.1 Å². The minimum absolute atomic E-state index is 0.0636. The van der Waals surface area contributed by atoms with Gasteiger partial charge in [-0.2, -0.15) is 0 Å². The predicted octanol–water partition coefficient (Wildman–Crippen LogP) is 5.83. The van der Waals surface area contributed by atoms with Gasteiger partial charge in [0.05, 0.1) is 5.69 Å². The molecule has 5 rings (SSSR count). The van der Waals surface area contributed by atoms with Crippen molar-refractivity contribution in [2.24, 2.45) is 5.92 Å². The maximum atomic E-state index is 12.9. The second-order valence-electron chi connectivity index (χ2n) is 10.4. The van der Waals surface area contributed by atoms with E-state index in [9.17, 15) is 4.79 Å². The average molecular weight is 491 g/mol. The van der Waals surface area contributed by atoms with E-state index in [1.807, 2.05) is 30.3 Å². The second kappa shape index (κ2) is 11.1. The number of anilines is 1. The van der Waals surface area contributed by atoms with Gasteiger partial charge >= 0.3 is 0 Å². The fourth-order valence-corrected chi connectivity index (χ4v) is 6.95. The number of fused-ring (bicyclic) bond motifs is 2. The third-order valence-corrected chi connectivity index (χ3v) is 8.92. The summed E-state index contributed by atoms with van der Waals surface area (Å²) in [6.45, 7) is 4.64. The lowest BCUT2D eigenvalue weighted by Gasteiger charge is -2.36. The molecule has 0 saturated heterocycles. The van der Waals surface area contributed by atoms with Gasteiger partial charge in [0.2, 0.25) is 0 Å². The van der Waals surface area contributed by atoms with Crippen LogP contribution in [0.3, 0.4) is 0 Å². The monoisotopic (exact) mass is 490 g/mol. The Kier molecular flexibility index (Phi) is 7.69. The molecule has 2 aliphatic carbocycles. The van der Waals surface area contributed by atoms with Gasteiger partial charge in [-0.1, -0.05) is 37.3 Å². The molecule has 0 spiro atoms. The molecule has 3 aromatic rings. The molecule has 5 nitrogen and oxygen atoms in total. The fraction of sp³-hybridized carbons (Fsp3) is 0.517. The van der Waals surface area contributed by atoms with Crippen molar-refractivity contribution < 1.29 is 4.79 Å². The first-order valence-electron chi connectivity index (χ1n) is 13.4. The number of aromatic nitrogens is 1. The number of nitrogens with one attached hydrogen (secondary N) is 1. The molecule has 1 saturated carbocycles. The fourth-order valence-electron chi connectivity index (χ4n) is 6.00. The van der Waals surface area contributed by atoms with E-state index >= 15 is 0 Å². The first kappa shape index (κ1) is 24.3. The number of benzene rings is 2. The summed E-state index contributed by atoms with van der Waals surface area (Å²) < 4.78 is 0. The van der Waals surface area contributed by atoms with Crippen molar-refractivity contribution in [3.63, 3.8) is 0 Å². The Hall–Kier alpha value is -2.44. The largest absolute Gasteiger partial charge is 0.375 e. The Morgan fingerprint density at radius 2 is 1.89 bits per heavy atom. The number of nitrogens with two attached hydrogens (primary N) is 1. The van der Waals surface area contributed by atoms with E-state index in [0.29, 0.717) is 12.1 Å². The Labute approximate surface area is 213 Å². The summed E-state index contributed by atoms with van der Waals surface area (Å²) in [5, 5.41) is 6.32. The van der Waals surface area contributed by atoms with Crippen LogP contribution in [0.1, 0.15) is 72.8 Å². The zero-order valence-corrected chi connectivity index (χ0v) is 21.7. The highest BCUT2D eigenvalue weighted by Crippen LogP contribution is 2.32. The zero-order chi connectivity index (χ0) is 24.2. The van der Waals surface area contributed by atoms with E-state index in [-0.39, 0.29) is 5.91 Å². The molecule has 1 heterocycles. The van der Waals surface area contributed by atoms with Crippen LogP contribution in [-0.2, 0) is 12.8 Å². The smallest absolute Gasteiger partial charge is 0.251 e. The molecule has 1 aromatic heterocycles. The van der Waals surface area contributed by atoms with Gasteiger partial charge in [-0.25, -0.2) is 4.98 Å². The Morgan fingerprint density at radius 1 is 1.09 bits per heavy atom. The van der Waals surface area contributed by atoms with Gasteiger partial charge in [0.15, 0.2) is 5.13 Å². The molecule has 1 fully saturated rings. The average Bonchev–Trinajstić information content (AvgIpc) is 3.26. The molecule has 2 aliphatic rings. The van der Waals surface area contributed by atoms with E-state index in [4.69, 9.17) is 5.73 Å². The first-order chi connectivity index (χ1) is 17.1. The second-order valence-corrected chi connectivity index (χ2v) is 11.5. The number of hydrogen-bond donors (Lipinski definition) is 2. The van der Waals surface area contributed by atoms with E-state index in [2.05, 4.69) is 34.3 Å². The number of carbonyl (C=O) groups is 1. The van der Waals surface area contributed by atoms with Crippen LogP contribution >= 0.6 is 11.3 Å². The zero-order valence-electron chi connectivity index (χ0n) is 20.8. The summed E-state index contributed by atoms with van der Waals surface area (Å²) in [6, 6.07) is 15.1. The molecule has 0 unspecified atom stereocenters. The van der Waals surface area contributed by atoms with E-state index in [1.54, 1.807) is 11.3 Å².